The SMILES string of the molecule is COc1cc(NC2CCN(c3ccc(C#N)nc3)CC2)cc(OC)c1. The highest BCUT2D eigenvalue weighted by Gasteiger charge is 2.20. The van der Waals surface area contributed by atoms with Gasteiger partial charge < -0.3 is 19.7 Å². The van der Waals surface area contributed by atoms with E-state index in [4.69, 9.17) is 14.7 Å². The highest BCUT2D eigenvalue weighted by atomic mass is 16.5. The molecule has 1 saturated heterocycles. The van der Waals surface area contributed by atoms with Crippen LogP contribution in [-0.4, -0.2) is 38.3 Å². The number of methoxy groups -OCH3 is 2. The van der Waals surface area contributed by atoms with Crippen molar-refractivity contribution >= 4 is 11.4 Å². The van der Waals surface area contributed by atoms with E-state index >= 15 is 0 Å². The second-order valence-corrected chi connectivity index (χ2v) is 6.02. The summed E-state index contributed by atoms with van der Waals surface area (Å²) in [5, 5.41) is 12.4. The quantitative estimate of drug-likeness (QED) is 0.903. The summed E-state index contributed by atoms with van der Waals surface area (Å²) in [6.07, 6.45) is 3.83. The van der Waals surface area contributed by atoms with Crippen LogP contribution >= 0.6 is 0 Å². The Morgan fingerprint density at radius 1 is 1.12 bits per heavy atom. The van der Waals surface area contributed by atoms with Gasteiger partial charge in [-0.25, -0.2) is 4.98 Å². The predicted octanol–water partition coefficient (Wildman–Crippen LogP) is 3.05. The van der Waals surface area contributed by atoms with Crippen LogP contribution in [0.1, 0.15) is 18.5 Å². The van der Waals surface area contributed by atoms with Gasteiger partial charge in [-0.1, -0.05) is 0 Å². The molecule has 0 aliphatic carbocycles. The first kappa shape index (κ1) is 16.9. The molecule has 0 amide bonds. The van der Waals surface area contributed by atoms with Gasteiger partial charge in [-0.3, -0.25) is 0 Å². The van der Waals surface area contributed by atoms with Crippen molar-refractivity contribution in [1.82, 2.24) is 4.98 Å². The van der Waals surface area contributed by atoms with Gasteiger partial charge in [0.05, 0.1) is 26.1 Å². The van der Waals surface area contributed by atoms with Crippen molar-refractivity contribution in [2.24, 2.45) is 0 Å². The Morgan fingerprint density at radius 3 is 2.32 bits per heavy atom. The van der Waals surface area contributed by atoms with E-state index < -0.39 is 0 Å². The van der Waals surface area contributed by atoms with Gasteiger partial charge in [-0.05, 0) is 25.0 Å². The molecule has 1 N–H and O–H groups in total. The molecule has 25 heavy (non-hydrogen) atoms. The Bertz CT molecular complexity index is 725. The molecule has 0 radical (unpaired) electrons. The maximum Gasteiger partial charge on any atom is 0.140 e. The smallest absolute Gasteiger partial charge is 0.140 e. The van der Waals surface area contributed by atoms with Gasteiger partial charge in [0, 0.05) is 43.0 Å². The molecule has 1 aromatic carbocycles. The molecule has 0 bridgehead atoms. The summed E-state index contributed by atoms with van der Waals surface area (Å²) < 4.78 is 10.6. The van der Waals surface area contributed by atoms with Crippen molar-refractivity contribution in [2.75, 3.05) is 37.5 Å². The second-order valence-electron chi connectivity index (χ2n) is 6.02. The lowest BCUT2D eigenvalue weighted by molar-refractivity contribution is 0.394. The zero-order valence-corrected chi connectivity index (χ0v) is 14.5. The fraction of sp³-hybridized carbons (Fsp3) is 0.368. The van der Waals surface area contributed by atoms with E-state index in [1.807, 2.05) is 24.3 Å². The van der Waals surface area contributed by atoms with E-state index in [1.165, 1.54) is 0 Å². The molecule has 2 aromatic rings. The molecule has 0 spiro atoms. The van der Waals surface area contributed by atoms with E-state index in [0.717, 1.165) is 48.8 Å². The van der Waals surface area contributed by atoms with Gasteiger partial charge in [-0.15, -0.1) is 0 Å². The minimum atomic E-state index is 0.402. The third-order valence-electron chi connectivity index (χ3n) is 4.44. The van der Waals surface area contributed by atoms with Gasteiger partial charge in [0.2, 0.25) is 0 Å². The number of ether oxygens (including phenoxy) is 2. The van der Waals surface area contributed by atoms with Crippen molar-refractivity contribution < 1.29 is 9.47 Å². The molecule has 1 fully saturated rings. The van der Waals surface area contributed by atoms with Crippen molar-refractivity contribution in [2.45, 2.75) is 18.9 Å². The van der Waals surface area contributed by atoms with Gasteiger partial charge in [-0.2, -0.15) is 5.26 Å². The van der Waals surface area contributed by atoms with Crippen LogP contribution in [0.4, 0.5) is 11.4 Å². The van der Waals surface area contributed by atoms with Crippen LogP contribution in [0.2, 0.25) is 0 Å². The van der Waals surface area contributed by atoms with Crippen LogP contribution in [0, 0.1) is 11.3 Å². The highest BCUT2D eigenvalue weighted by Crippen LogP contribution is 2.28. The second kappa shape index (κ2) is 7.75. The van der Waals surface area contributed by atoms with Crippen LogP contribution in [0.25, 0.3) is 0 Å². The molecule has 0 saturated carbocycles. The number of nitrogens with one attached hydrogen (secondary N) is 1. The Hall–Kier alpha value is -2.94. The van der Waals surface area contributed by atoms with Crippen LogP contribution in [0.5, 0.6) is 11.5 Å². The first-order chi connectivity index (χ1) is 12.2. The van der Waals surface area contributed by atoms with Crippen molar-refractivity contribution in [1.29, 1.82) is 5.26 Å². The lowest BCUT2D eigenvalue weighted by Crippen LogP contribution is -2.39. The third kappa shape index (κ3) is 4.13. The molecule has 1 aromatic heterocycles. The van der Waals surface area contributed by atoms with E-state index in [1.54, 1.807) is 26.5 Å². The Kier molecular flexibility index (Phi) is 5.24. The fourth-order valence-electron chi connectivity index (χ4n) is 3.05. The van der Waals surface area contributed by atoms with Gasteiger partial charge >= 0.3 is 0 Å². The monoisotopic (exact) mass is 338 g/mol. The van der Waals surface area contributed by atoms with E-state index in [-0.39, 0.29) is 0 Å². The molecular formula is C19H22N4O2. The first-order valence-corrected chi connectivity index (χ1v) is 8.32. The average molecular weight is 338 g/mol. The van der Waals surface area contributed by atoms with Gasteiger partial charge in [0.15, 0.2) is 0 Å². The lowest BCUT2D eigenvalue weighted by Gasteiger charge is -2.34. The molecule has 1 aliphatic heterocycles. The zero-order valence-electron chi connectivity index (χ0n) is 14.5. The average Bonchev–Trinajstić information content (AvgIpc) is 2.68. The number of pyridine rings is 1. The number of rotatable bonds is 5. The summed E-state index contributed by atoms with van der Waals surface area (Å²) in [7, 11) is 3.31. The van der Waals surface area contributed by atoms with Crippen molar-refractivity contribution in [3.8, 4) is 17.6 Å². The molecular weight excluding hydrogens is 316 g/mol. The minimum Gasteiger partial charge on any atom is -0.497 e. The zero-order chi connectivity index (χ0) is 17.6. The summed E-state index contributed by atoms with van der Waals surface area (Å²) >= 11 is 0. The van der Waals surface area contributed by atoms with Gasteiger partial charge in [0.1, 0.15) is 23.3 Å². The molecule has 6 nitrogen and oxygen atoms in total. The normalized spacial score (nSPS) is 14.7. The molecule has 6 heteroatoms. The minimum absolute atomic E-state index is 0.402. The van der Waals surface area contributed by atoms with Crippen LogP contribution in [0.3, 0.4) is 0 Å². The number of anilines is 2. The highest BCUT2D eigenvalue weighted by molar-refractivity contribution is 5.54. The number of nitrogens with zero attached hydrogens (tertiary/aromatic N) is 3. The summed E-state index contributed by atoms with van der Waals surface area (Å²) in [4.78, 5) is 6.46. The maximum absolute atomic E-state index is 8.84. The Morgan fingerprint density at radius 2 is 1.80 bits per heavy atom. The molecule has 0 atom stereocenters. The molecule has 0 unspecified atom stereocenters. The molecule has 2 heterocycles. The summed E-state index contributed by atoms with van der Waals surface area (Å²) in [5.41, 5.74) is 2.53. The van der Waals surface area contributed by atoms with E-state index in [0.29, 0.717) is 11.7 Å². The molecule has 1 aliphatic rings. The fourth-order valence-corrected chi connectivity index (χ4v) is 3.05. The summed E-state index contributed by atoms with van der Waals surface area (Å²) in [6.45, 7) is 1.90. The van der Waals surface area contributed by atoms with Crippen LogP contribution in [-0.2, 0) is 0 Å². The lowest BCUT2D eigenvalue weighted by atomic mass is 10.0. The Labute approximate surface area is 148 Å². The number of hydrogen-bond donors (Lipinski definition) is 1. The Balaban J connectivity index is 1.60. The van der Waals surface area contributed by atoms with E-state index in [2.05, 4.69) is 21.3 Å². The largest absolute Gasteiger partial charge is 0.497 e. The molecule has 3 rings (SSSR count). The number of aromatic nitrogens is 1. The number of piperidine rings is 1. The third-order valence-corrected chi connectivity index (χ3v) is 4.44. The topological polar surface area (TPSA) is 70.4 Å². The van der Waals surface area contributed by atoms with E-state index in [9.17, 15) is 0 Å². The summed E-state index contributed by atoms with van der Waals surface area (Å²) in [6, 6.07) is 12.0. The number of benzene rings is 1. The van der Waals surface area contributed by atoms with Crippen LogP contribution < -0.4 is 19.7 Å². The van der Waals surface area contributed by atoms with Crippen molar-refractivity contribution in [3.63, 3.8) is 0 Å². The number of nitriles is 1. The first-order valence-electron chi connectivity index (χ1n) is 8.32. The number of hydrogen-bond acceptors (Lipinski definition) is 6. The molecule has 130 valence electrons. The van der Waals surface area contributed by atoms with Crippen molar-refractivity contribution in [3.05, 3.63) is 42.2 Å². The maximum atomic E-state index is 8.84. The standard InChI is InChI=1S/C19H22N4O2/c1-24-18-9-16(10-19(11-18)25-2)22-14-5-7-23(8-6-14)17-4-3-15(12-20)21-13-17/h3-4,9-11,13-14,22H,5-8H2,1-2H3. The van der Waals surface area contributed by atoms with Gasteiger partial charge in [0.25, 0.3) is 0 Å². The predicted molar refractivity (Wildman–Crippen MR) is 97.4 cm³/mol. The van der Waals surface area contributed by atoms with Crippen LogP contribution in [0.15, 0.2) is 36.5 Å². The summed E-state index contributed by atoms with van der Waals surface area (Å²) in [5.74, 6) is 1.56.